The van der Waals surface area contributed by atoms with Gasteiger partial charge in [-0.1, -0.05) is 24.3 Å². The van der Waals surface area contributed by atoms with Gasteiger partial charge in [-0.25, -0.2) is 4.39 Å². The summed E-state index contributed by atoms with van der Waals surface area (Å²) in [5.41, 5.74) is 0.716. The Hall–Kier alpha value is -3.61. The van der Waals surface area contributed by atoms with Crippen LogP contribution in [0.5, 0.6) is 5.75 Å². The molecule has 0 radical (unpaired) electrons. The van der Waals surface area contributed by atoms with Crippen molar-refractivity contribution in [3.63, 3.8) is 0 Å². The number of hydrogen-bond donors (Lipinski definition) is 2. The van der Waals surface area contributed by atoms with Crippen molar-refractivity contribution in [1.29, 1.82) is 0 Å². The number of nitrogens with one attached hydrogen (secondary N) is 2. The number of amides is 2. The van der Waals surface area contributed by atoms with E-state index in [9.17, 15) is 14.0 Å². The van der Waals surface area contributed by atoms with Gasteiger partial charge in [-0.3, -0.25) is 9.59 Å². The van der Waals surface area contributed by atoms with E-state index in [1.54, 1.807) is 48.5 Å². The topological polar surface area (TPSA) is 80.6 Å². The van der Waals surface area contributed by atoms with E-state index in [0.717, 1.165) is 0 Å². The second-order valence-corrected chi connectivity index (χ2v) is 5.88. The molecule has 0 aliphatic rings. The van der Waals surface area contributed by atoms with E-state index in [4.69, 9.17) is 9.15 Å². The van der Waals surface area contributed by atoms with Gasteiger partial charge in [-0.15, -0.1) is 0 Å². The monoisotopic (exact) mass is 382 g/mol. The average Bonchev–Trinajstić information content (AvgIpc) is 3.22. The van der Waals surface area contributed by atoms with Crippen LogP contribution in [0.4, 0.5) is 10.1 Å². The molecule has 2 N–H and O–H groups in total. The zero-order valence-corrected chi connectivity index (χ0v) is 15.0. The van der Waals surface area contributed by atoms with Gasteiger partial charge in [0.2, 0.25) is 5.91 Å². The number of para-hydroxylation sites is 2. The van der Waals surface area contributed by atoms with Crippen molar-refractivity contribution in [2.45, 2.75) is 13.0 Å². The molecule has 7 heteroatoms. The Bertz CT molecular complexity index is 941. The molecule has 0 aliphatic heterocycles. The fourth-order valence-corrected chi connectivity index (χ4v) is 2.49. The summed E-state index contributed by atoms with van der Waals surface area (Å²) in [5, 5.41) is 5.42. The smallest absolute Gasteiger partial charge is 0.253 e. The number of halogens is 1. The molecular formula is C21H19FN2O4. The summed E-state index contributed by atoms with van der Waals surface area (Å²) < 4.78 is 24.0. The predicted molar refractivity (Wildman–Crippen MR) is 101 cm³/mol. The lowest BCUT2D eigenvalue weighted by atomic mass is 10.1. The molecule has 0 aliphatic carbocycles. The molecule has 2 amide bonds. The molecule has 0 fully saturated rings. The summed E-state index contributed by atoms with van der Waals surface area (Å²) in [7, 11) is 0. The summed E-state index contributed by atoms with van der Waals surface area (Å²) >= 11 is 0. The van der Waals surface area contributed by atoms with Gasteiger partial charge >= 0.3 is 0 Å². The first-order valence-electron chi connectivity index (χ1n) is 8.70. The lowest BCUT2D eigenvalue weighted by molar-refractivity contribution is -0.116. The molecule has 1 heterocycles. The number of ether oxygens (including phenoxy) is 1. The highest BCUT2D eigenvalue weighted by molar-refractivity contribution is 6.03. The van der Waals surface area contributed by atoms with E-state index < -0.39 is 5.82 Å². The first-order chi connectivity index (χ1) is 13.6. The van der Waals surface area contributed by atoms with Crippen LogP contribution in [0.15, 0.2) is 71.3 Å². The summed E-state index contributed by atoms with van der Waals surface area (Å²) in [6, 6.07) is 16.1. The van der Waals surface area contributed by atoms with Gasteiger partial charge in [-0.2, -0.15) is 0 Å². The number of hydrogen-bond acceptors (Lipinski definition) is 4. The highest BCUT2D eigenvalue weighted by atomic mass is 19.1. The molecule has 6 nitrogen and oxygen atoms in total. The highest BCUT2D eigenvalue weighted by Crippen LogP contribution is 2.17. The maximum atomic E-state index is 13.5. The normalized spacial score (nSPS) is 10.3. The number of carbonyl (C=O) groups excluding carboxylic acids is 2. The van der Waals surface area contributed by atoms with E-state index >= 15 is 0 Å². The third-order valence-electron chi connectivity index (χ3n) is 3.87. The zero-order valence-electron chi connectivity index (χ0n) is 15.0. The Labute approximate surface area is 161 Å². The molecule has 1 aromatic heterocycles. The van der Waals surface area contributed by atoms with Crippen molar-refractivity contribution in [2.75, 3.05) is 11.9 Å². The fourth-order valence-electron chi connectivity index (χ4n) is 2.49. The van der Waals surface area contributed by atoms with Crippen LogP contribution in [0.1, 0.15) is 22.5 Å². The van der Waals surface area contributed by atoms with E-state index in [1.165, 1.54) is 18.4 Å². The van der Waals surface area contributed by atoms with Crippen molar-refractivity contribution >= 4 is 17.5 Å². The van der Waals surface area contributed by atoms with E-state index in [1.807, 2.05) is 0 Å². The van der Waals surface area contributed by atoms with Crippen molar-refractivity contribution in [2.24, 2.45) is 0 Å². The molecule has 0 saturated carbocycles. The molecule has 28 heavy (non-hydrogen) atoms. The zero-order chi connectivity index (χ0) is 19.8. The van der Waals surface area contributed by atoms with Crippen molar-refractivity contribution < 1.29 is 23.1 Å². The largest absolute Gasteiger partial charge is 0.490 e. The number of furan rings is 1. The van der Waals surface area contributed by atoms with Gasteiger partial charge in [0.05, 0.1) is 37.1 Å². The minimum atomic E-state index is -0.485. The highest BCUT2D eigenvalue weighted by Gasteiger charge is 2.13. The molecule has 3 rings (SSSR count). The maximum absolute atomic E-state index is 13.5. The minimum Gasteiger partial charge on any atom is -0.490 e. The van der Waals surface area contributed by atoms with Crippen LogP contribution in [0.2, 0.25) is 0 Å². The van der Waals surface area contributed by atoms with E-state index in [0.29, 0.717) is 17.0 Å². The number of benzene rings is 2. The first kappa shape index (κ1) is 19.2. The van der Waals surface area contributed by atoms with Gasteiger partial charge in [0.25, 0.3) is 5.91 Å². The fraction of sp³-hybridized carbons (Fsp3) is 0.143. The van der Waals surface area contributed by atoms with Crippen LogP contribution >= 0.6 is 0 Å². The average molecular weight is 382 g/mol. The molecule has 0 unspecified atom stereocenters. The van der Waals surface area contributed by atoms with Crippen LogP contribution in [0, 0.1) is 5.82 Å². The molecule has 0 bridgehead atoms. The molecule has 144 valence electrons. The molecule has 0 atom stereocenters. The van der Waals surface area contributed by atoms with E-state index in [-0.39, 0.29) is 37.1 Å². The second kappa shape index (κ2) is 9.36. The Balaban J connectivity index is 1.54. The number of rotatable bonds is 8. The number of anilines is 1. The quantitative estimate of drug-likeness (QED) is 0.622. The molecule has 2 aromatic carbocycles. The predicted octanol–water partition coefficient (Wildman–Crippen LogP) is 3.76. The maximum Gasteiger partial charge on any atom is 0.253 e. The van der Waals surface area contributed by atoms with Crippen LogP contribution in [0.3, 0.4) is 0 Å². The van der Waals surface area contributed by atoms with Gasteiger partial charge < -0.3 is 19.8 Å². The van der Waals surface area contributed by atoms with Gasteiger partial charge in [0.15, 0.2) is 11.6 Å². The Morgan fingerprint density at radius 3 is 2.57 bits per heavy atom. The van der Waals surface area contributed by atoms with E-state index in [2.05, 4.69) is 10.6 Å². The Morgan fingerprint density at radius 2 is 1.79 bits per heavy atom. The first-order valence-corrected chi connectivity index (χ1v) is 8.70. The molecule has 3 aromatic rings. The summed E-state index contributed by atoms with van der Waals surface area (Å²) in [5.74, 6) is -0.452. The van der Waals surface area contributed by atoms with Crippen LogP contribution < -0.4 is 15.4 Å². The van der Waals surface area contributed by atoms with Gasteiger partial charge in [0.1, 0.15) is 5.76 Å². The summed E-state index contributed by atoms with van der Waals surface area (Å²) in [6.45, 7) is 0.254. The third kappa shape index (κ3) is 5.20. The van der Waals surface area contributed by atoms with Crippen LogP contribution in [-0.4, -0.2) is 18.4 Å². The second-order valence-electron chi connectivity index (χ2n) is 5.88. The van der Waals surface area contributed by atoms with Gasteiger partial charge in [0, 0.05) is 0 Å². The lowest BCUT2D eigenvalue weighted by Gasteiger charge is -2.11. The van der Waals surface area contributed by atoms with Gasteiger partial charge in [-0.05, 0) is 36.4 Å². The van der Waals surface area contributed by atoms with Crippen molar-refractivity contribution in [3.8, 4) is 5.75 Å². The standard InChI is InChI=1S/C21H19FN2O4/c22-17-8-2-4-10-19(17)28-13-11-20(25)24-18-9-3-1-7-16(18)21(26)23-14-15-6-5-12-27-15/h1-10,12H,11,13-14H2,(H,23,26)(H,24,25). The summed E-state index contributed by atoms with van der Waals surface area (Å²) in [4.78, 5) is 24.6. The van der Waals surface area contributed by atoms with Crippen LogP contribution in [-0.2, 0) is 11.3 Å². The third-order valence-corrected chi connectivity index (χ3v) is 3.87. The minimum absolute atomic E-state index is 0.0106. The molecule has 0 saturated heterocycles. The van der Waals surface area contributed by atoms with Crippen molar-refractivity contribution in [3.05, 3.63) is 84.1 Å². The SMILES string of the molecule is O=C(CCOc1ccccc1F)Nc1ccccc1C(=O)NCc1ccco1. The molecule has 0 spiro atoms. The lowest BCUT2D eigenvalue weighted by Crippen LogP contribution is -2.25. The number of carbonyl (C=O) groups is 2. The Morgan fingerprint density at radius 1 is 1.00 bits per heavy atom. The molecular weight excluding hydrogens is 363 g/mol. The van der Waals surface area contributed by atoms with Crippen LogP contribution in [0.25, 0.3) is 0 Å². The summed E-state index contributed by atoms with van der Waals surface area (Å²) in [6.07, 6.45) is 1.54. The Kier molecular flexibility index (Phi) is 6.41. The van der Waals surface area contributed by atoms with Crippen molar-refractivity contribution in [1.82, 2.24) is 5.32 Å².